The van der Waals surface area contributed by atoms with Crippen molar-refractivity contribution in [3.05, 3.63) is 72.0 Å². The molecule has 3 rings (SSSR count). The number of nitrogens with zero attached hydrogens (tertiary/aromatic N) is 2. The van der Waals surface area contributed by atoms with Crippen LogP contribution in [0.1, 0.15) is 6.42 Å². The maximum Gasteiger partial charge on any atom is 0.225 e. The van der Waals surface area contributed by atoms with Gasteiger partial charge in [0.2, 0.25) is 5.91 Å². The van der Waals surface area contributed by atoms with Gasteiger partial charge in [0.25, 0.3) is 0 Å². The van der Waals surface area contributed by atoms with Gasteiger partial charge in [-0.1, -0.05) is 53.7 Å². The van der Waals surface area contributed by atoms with E-state index in [9.17, 15) is 4.79 Å². The Kier molecular flexibility index (Phi) is 5.56. The van der Waals surface area contributed by atoms with Crippen LogP contribution in [-0.4, -0.2) is 21.2 Å². The van der Waals surface area contributed by atoms with Crippen LogP contribution in [0.25, 0.3) is 5.69 Å². The van der Waals surface area contributed by atoms with E-state index >= 15 is 0 Å². The minimum Gasteiger partial charge on any atom is -0.325 e. The molecular formula is C18H16ClN3OS. The van der Waals surface area contributed by atoms with Crippen molar-refractivity contribution in [3.63, 3.8) is 0 Å². The van der Waals surface area contributed by atoms with Gasteiger partial charge in [0.1, 0.15) is 0 Å². The van der Waals surface area contributed by atoms with E-state index in [1.807, 2.05) is 53.2 Å². The maximum absolute atomic E-state index is 12.0. The molecule has 0 aliphatic carbocycles. The molecule has 1 amide bonds. The Bertz CT molecular complexity index is 820. The zero-order valence-electron chi connectivity index (χ0n) is 12.9. The molecule has 0 aliphatic heterocycles. The first-order chi connectivity index (χ1) is 11.7. The van der Waals surface area contributed by atoms with Crippen LogP contribution < -0.4 is 5.32 Å². The molecule has 3 aromatic rings. The van der Waals surface area contributed by atoms with Gasteiger partial charge in [-0.3, -0.25) is 9.36 Å². The number of aromatic nitrogens is 2. The van der Waals surface area contributed by atoms with Crippen LogP contribution in [0.5, 0.6) is 0 Å². The Morgan fingerprint density at radius 2 is 1.88 bits per heavy atom. The van der Waals surface area contributed by atoms with Crippen LogP contribution in [0.15, 0.2) is 72.1 Å². The first-order valence-corrected chi connectivity index (χ1v) is 8.86. The monoisotopic (exact) mass is 357 g/mol. The smallest absolute Gasteiger partial charge is 0.225 e. The molecule has 1 aromatic heterocycles. The van der Waals surface area contributed by atoms with Crippen LogP contribution in [0.4, 0.5) is 5.69 Å². The molecule has 0 atom stereocenters. The molecule has 0 radical (unpaired) electrons. The molecule has 0 spiro atoms. The number of benzene rings is 2. The first-order valence-electron chi connectivity index (χ1n) is 7.50. The van der Waals surface area contributed by atoms with E-state index in [4.69, 9.17) is 11.6 Å². The van der Waals surface area contributed by atoms with Crippen LogP contribution in [-0.2, 0) is 4.79 Å². The van der Waals surface area contributed by atoms with Gasteiger partial charge in [0.15, 0.2) is 5.16 Å². The number of hydrogen-bond acceptors (Lipinski definition) is 3. The topological polar surface area (TPSA) is 46.9 Å². The Balaban J connectivity index is 1.55. The number of halogens is 1. The van der Waals surface area contributed by atoms with Crippen molar-refractivity contribution in [3.8, 4) is 5.69 Å². The molecule has 0 unspecified atom stereocenters. The van der Waals surface area contributed by atoms with Crippen LogP contribution in [0.3, 0.4) is 0 Å². The van der Waals surface area contributed by atoms with Gasteiger partial charge < -0.3 is 5.32 Å². The fraction of sp³-hybridized carbons (Fsp3) is 0.111. The average Bonchev–Trinajstić information content (AvgIpc) is 3.06. The van der Waals surface area contributed by atoms with Crippen LogP contribution in [0.2, 0.25) is 5.02 Å². The van der Waals surface area contributed by atoms with E-state index in [-0.39, 0.29) is 5.91 Å². The van der Waals surface area contributed by atoms with Crippen molar-refractivity contribution in [1.29, 1.82) is 0 Å². The van der Waals surface area contributed by atoms with Gasteiger partial charge in [-0.15, -0.1) is 0 Å². The zero-order valence-corrected chi connectivity index (χ0v) is 14.4. The standard InChI is InChI=1S/C18H16ClN3OS/c19-15-8-4-5-9-16(15)21-17(23)10-13-24-18-20-11-12-22(18)14-6-2-1-3-7-14/h1-9,11-12H,10,13H2,(H,21,23). The van der Waals surface area contributed by atoms with Gasteiger partial charge in [-0.25, -0.2) is 4.98 Å². The summed E-state index contributed by atoms with van der Waals surface area (Å²) in [5.41, 5.74) is 1.69. The van der Waals surface area contributed by atoms with Crippen LogP contribution >= 0.6 is 23.4 Å². The second kappa shape index (κ2) is 8.04. The second-order valence-corrected chi connectivity index (χ2v) is 6.51. The lowest BCUT2D eigenvalue weighted by Crippen LogP contribution is -2.12. The fourth-order valence-corrected chi connectivity index (χ4v) is 3.29. The first kappa shape index (κ1) is 16.6. The van der Waals surface area contributed by atoms with E-state index in [0.29, 0.717) is 22.9 Å². The summed E-state index contributed by atoms with van der Waals surface area (Å²) in [6.45, 7) is 0. The second-order valence-electron chi connectivity index (χ2n) is 5.04. The number of thioether (sulfide) groups is 1. The molecule has 0 bridgehead atoms. The van der Waals surface area contributed by atoms with Crippen LogP contribution in [0, 0.1) is 0 Å². The minimum absolute atomic E-state index is 0.0617. The summed E-state index contributed by atoms with van der Waals surface area (Å²) in [7, 11) is 0. The molecule has 0 saturated heterocycles. The molecule has 1 N–H and O–H groups in total. The highest BCUT2D eigenvalue weighted by molar-refractivity contribution is 7.99. The molecule has 0 aliphatic rings. The Hall–Kier alpha value is -2.24. The number of carbonyl (C=O) groups excluding carboxylic acids is 1. The predicted octanol–water partition coefficient (Wildman–Crippen LogP) is 4.65. The number of para-hydroxylation sites is 2. The van der Waals surface area contributed by atoms with E-state index in [0.717, 1.165) is 10.8 Å². The average molecular weight is 358 g/mol. The van der Waals surface area contributed by atoms with Gasteiger partial charge in [-0.2, -0.15) is 0 Å². The fourth-order valence-electron chi connectivity index (χ4n) is 2.19. The molecule has 1 heterocycles. The maximum atomic E-state index is 12.0. The van der Waals surface area contributed by atoms with Crippen molar-refractivity contribution < 1.29 is 4.79 Å². The lowest BCUT2D eigenvalue weighted by molar-refractivity contribution is -0.115. The van der Waals surface area contributed by atoms with E-state index in [1.165, 1.54) is 0 Å². The zero-order chi connectivity index (χ0) is 16.8. The van der Waals surface area contributed by atoms with E-state index in [1.54, 1.807) is 30.1 Å². The highest BCUT2D eigenvalue weighted by atomic mass is 35.5. The quantitative estimate of drug-likeness (QED) is 0.653. The lowest BCUT2D eigenvalue weighted by Gasteiger charge is -2.08. The molecule has 0 fully saturated rings. The molecular weight excluding hydrogens is 342 g/mol. The Labute approximate surface area is 149 Å². The van der Waals surface area contributed by atoms with Gasteiger partial charge >= 0.3 is 0 Å². The molecule has 4 nitrogen and oxygen atoms in total. The van der Waals surface area contributed by atoms with E-state index in [2.05, 4.69) is 10.3 Å². The molecule has 122 valence electrons. The SMILES string of the molecule is O=C(CCSc1nccn1-c1ccccc1)Nc1ccccc1Cl. The number of carbonyl (C=O) groups is 1. The Morgan fingerprint density at radius 3 is 2.67 bits per heavy atom. The van der Waals surface area contributed by atoms with Crippen molar-refractivity contribution in [2.45, 2.75) is 11.6 Å². The molecule has 24 heavy (non-hydrogen) atoms. The third kappa shape index (κ3) is 4.19. The number of rotatable bonds is 6. The highest BCUT2D eigenvalue weighted by Gasteiger charge is 2.08. The molecule has 0 saturated carbocycles. The lowest BCUT2D eigenvalue weighted by atomic mass is 10.3. The summed E-state index contributed by atoms with van der Waals surface area (Å²) in [5, 5.41) is 4.23. The summed E-state index contributed by atoms with van der Waals surface area (Å²) in [4.78, 5) is 16.4. The summed E-state index contributed by atoms with van der Waals surface area (Å²) in [6, 6.07) is 17.2. The van der Waals surface area contributed by atoms with Crippen molar-refractivity contribution in [2.75, 3.05) is 11.1 Å². The van der Waals surface area contributed by atoms with Crippen molar-refractivity contribution >= 4 is 35.0 Å². The number of hydrogen-bond donors (Lipinski definition) is 1. The van der Waals surface area contributed by atoms with Gasteiger partial charge in [-0.05, 0) is 24.3 Å². The highest BCUT2D eigenvalue weighted by Crippen LogP contribution is 2.23. The van der Waals surface area contributed by atoms with E-state index < -0.39 is 0 Å². The van der Waals surface area contributed by atoms with Gasteiger partial charge in [0.05, 0.1) is 10.7 Å². The minimum atomic E-state index is -0.0617. The van der Waals surface area contributed by atoms with Gasteiger partial charge in [0, 0.05) is 30.3 Å². The number of anilines is 1. The number of nitrogens with one attached hydrogen (secondary N) is 1. The predicted molar refractivity (Wildman–Crippen MR) is 99.0 cm³/mol. The van der Waals surface area contributed by atoms with Crippen molar-refractivity contribution in [2.24, 2.45) is 0 Å². The summed E-state index contributed by atoms with van der Waals surface area (Å²) >= 11 is 7.59. The number of imidazole rings is 1. The number of amides is 1. The largest absolute Gasteiger partial charge is 0.325 e. The summed E-state index contributed by atoms with van der Waals surface area (Å²) in [6.07, 6.45) is 4.07. The van der Waals surface area contributed by atoms with Crippen molar-refractivity contribution in [1.82, 2.24) is 9.55 Å². The summed E-state index contributed by atoms with van der Waals surface area (Å²) in [5.74, 6) is 0.577. The summed E-state index contributed by atoms with van der Waals surface area (Å²) < 4.78 is 2.01. The third-order valence-corrected chi connectivity index (χ3v) is 4.65. The molecule has 6 heteroatoms. The Morgan fingerprint density at radius 1 is 1.12 bits per heavy atom. The molecule has 2 aromatic carbocycles. The third-order valence-electron chi connectivity index (χ3n) is 3.35. The normalized spacial score (nSPS) is 10.5.